The fourth-order valence-electron chi connectivity index (χ4n) is 1.37. The molecule has 0 amide bonds. The average molecular weight is 337 g/mol. The van der Waals surface area contributed by atoms with Gasteiger partial charge in [0.15, 0.2) is 0 Å². The van der Waals surface area contributed by atoms with Gasteiger partial charge >= 0.3 is 0 Å². The third-order valence-corrected chi connectivity index (χ3v) is 4.97. The molecule has 0 aliphatic carbocycles. The van der Waals surface area contributed by atoms with Gasteiger partial charge in [-0.2, -0.15) is 0 Å². The Morgan fingerprint density at radius 3 is 2.88 bits per heavy atom. The molecule has 0 saturated heterocycles. The van der Waals surface area contributed by atoms with Crippen molar-refractivity contribution in [1.29, 1.82) is 0 Å². The Kier molecular flexibility index (Phi) is 4.85. The van der Waals surface area contributed by atoms with Crippen LogP contribution >= 0.6 is 50.2 Å². The van der Waals surface area contributed by atoms with Crippen molar-refractivity contribution in [1.82, 2.24) is 5.32 Å². The molecule has 0 aliphatic rings. The van der Waals surface area contributed by atoms with E-state index < -0.39 is 0 Å². The van der Waals surface area contributed by atoms with Crippen LogP contribution in [-0.4, -0.2) is 6.54 Å². The Morgan fingerprint density at radius 1 is 1.38 bits per heavy atom. The zero-order chi connectivity index (χ0) is 11.4. The minimum atomic E-state index is 0.872. The molecule has 86 valence electrons. The highest BCUT2D eigenvalue weighted by molar-refractivity contribution is 9.11. The topological polar surface area (TPSA) is 12.0 Å². The van der Waals surface area contributed by atoms with Gasteiger partial charge in [-0.05, 0) is 51.5 Å². The normalized spacial score (nSPS) is 10.9. The molecule has 2 heterocycles. The van der Waals surface area contributed by atoms with Crippen LogP contribution in [0.1, 0.15) is 10.4 Å². The second-order valence-corrected chi connectivity index (χ2v) is 7.48. The fourth-order valence-corrected chi connectivity index (χ4v) is 3.67. The molecule has 1 N–H and O–H groups in total. The molecular weight excluding hydrogens is 326 g/mol. The number of rotatable bonds is 5. The van der Waals surface area contributed by atoms with E-state index >= 15 is 0 Å². The zero-order valence-corrected chi connectivity index (χ0v) is 12.5. The molecule has 0 saturated carbocycles. The number of nitrogens with one attached hydrogen (secondary N) is 1. The summed E-state index contributed by atoms with van der Waals surface area (Å²) < 4.78 is 2.06. The van der Waals surface area contributed by atoms with Gasteiger partial charge in [-0.25, -0.2) is 0 Å². The number of hydrogen-bond acceptors (Lipinski definition) is 3. The van der Waals surface area contributed by atoms with E-state index in [-0.39, 0.29) is 0 Å². The van der Waals surface area contributed by atoms with E-state index in [1.165, 1.54) is 14.2 Å². The number of thiophene rings is 2. The van der Waals surface area contributed by atoms with Gasteiger partial charge in [-0.1, -0.05) is 11.6 Å². The maximum Gasteiger partial charge on any atom is 0.0931 e. The van der Waals surface area contributed by atoms with Gasteiger partial charge in [-0.15, -0.1) is 22.7 Å². The lowest BCUT2D eigenvalue weighted by molar-refractivity contribution is 0.692. The highest BCUT2D eigenvalue weighted by Gasteiger charge is 1.99. The van der Waals surface area contributed by atoms with Crippen LogP contribution in [0, 0.1) is 0 Å². The highest BCUT2D eigenvalue weighted by Crippen LogP contribution is 2.22. The third kappa shape index (κ3) is 3.86. The summed E-state index contributed by atoms with van der Waals surface area (Å²) in [6.07, 6.45) is 1.04. The average Bonchev–Trinajstić information content (AvgIpc) is 2.83. The van der Waals surface area contributed by atoms with Gasteiger partial charge < -0.3 is 5.32 Å². The van der Waals surface area contributed by atoms with Crippen molar-refractivity contribution in [3.8, 4) is 0 Å². The Bertz CT molecular complexity index is 410. The molecule has 0 fully saturated rings. The standard InChI is InChI=1S/C11H11BrClNS2/c12-10-5-8(7-15-10)6-14-4-3-9-1-2-11(13)16-9/h1-2,5,7,14H,3-4,6H2. The van der Waals surface area contributed by atoms with Crippen molar-refractivity contribution in [2.45, 2.75) is 13.0 Å². The lowest BCUT2D eigenvalue weighted by Crippen LogP contribution is -2.15. The van der Waals surface area contributed by atoms with E-state index in [0.717, 1.165) is 23.8 Å². The summed E-state index contributed by atoms with van der Waals surface area (Å²) in [5.74, 6) is 0. The van der Waals surface area contributed by atoms with Crippen LogP contribution in [0.2, 0.25) is 4.34 Å². The Hall–Kier alpha value is 0.130. The summed E-state index contributed by atoms with van der Waals surface area (Å²) in [5, 5.41) is 5.59. The summed E-state index contributed by atoms with van der Waals surface area (Å²) in [4.78, 5) is 1.34. The molecule has 0 unspecified atom stereocenters. The van der Waals surface area contributed by atoms with Gasteiger partial charge in [0.2, 0.25) is 0 Å². The summed E-state index contributed by atoms with van der Waals surface area (Å²) in [7, 11) is 0. The van der Waals surface area contributed by atoms with Crippen LogP contribution in [0.4, 0.5) is 0 Å². The minimum Gasteiger partial charge on any atom is -0.312 e. The Labute approximate surface area is 117 Å². The SMILES string of the molecule is Clc1ccc(CCNCc2csc(Br)c2)s1. The molecule has 0 spiro atoms. The van der Waals surface area contributed by atoms with Gasteiger partial charge in [-0.3, -0.25) is 0 Å². The lowest BCUT2D eigenvalue weighted by atomic mass is 10.3. The molecule has 0 atom stereocenters. The predicted octanol–water partition coefficient (Wildman–Crippen LogP) is 4.56. The summed E-state index contributed by atoms with van der Waals surface area (Å²) in [5.41, 5.74) is 1.33. The fraction of sp³-hybridized carbons (Fsp3) is 0.273. The molecule has 0 aromatic carbocycles. The predicted molar refractivity (Wildman–Crippen MR) is 76.8 cm³/mol. The van der Waals surface area contributed by atoms with Crippen LogP contribution < -0.4 is 5.32 Å². The van der Waals surface area contributed by atoms with Crippen LogP contribution in [0.25, 0.3) is 0 Å². The van der Waals surface area contributed by atoms with Crippen molar-refractivity contribution in [3.05, 3.63) is 42.1 Å². The molecule has 2 aromatic rings. The second kappa shape index (κ2) is 6.17. The van der Waals surface area contributed by atoms with Crippen molar-refractivity contribution < 1.29 is 0 Å². The minimum absolute atomic E-state index is 0.872. The zero-order valence-electron chi connectivity index (χ0n) is 8.50. The van der Waals surface area contributed by atoms with Gasteiger partial charge in [0.1, 0.15) is 0 Å². The first kappa shape index (κ1) is 12.6. The van der Waals surface area contributed by atoms with Crippen LogP contribution in [0.3, 0.4) is 0 Å². The van der Waals surface area contributed by atoms with Gasteiger partial charge in [0.25, 0.3) is 0 Å². The van der Waals surface area contributed by atoms with Crippen molar-refractivity contribution in [2.24, 2.45) is 0 Å². The number of halogens is 2. The molecule has 1 nitrogen and oxygen atoms in total. The summed E-state index contributed by atoms with van der Waals surface area (Å²) in [6, 6.07) is 6.20. The molecule has 0 bridgehead atoms. The summed E-state index contributed by atoms with van der Waals surface area (Å²) >= 11 is 12.7. The van der Waals surface area contributed by atoms with Crippen LogP contribution in [0.15, 0.2) is 27.4 Å². The molecule has 0 radical (unpaired) electrons. The molecule has 2 rings (SSSR count). The van der Waals surface area contributed by atoms with Gasteiger partial charge in [0, 0.05) is 18.0 Å². The van der Waals surface area contributed by atoms with E-state index in [4.69, 9.17) is 11.6 Å². The first-order chi connectivity index (χ1) is 7.74. The van der Waals surface area contributed by atoms with Crippen LogP contribution in [0.5, 0.6) is 0 Å². The van der Waals surface area contributed by atoms with Crippen molar-refractivity contribution in [3.63, 3.8) is 0 Å². The van der Waals surface area contributed by atoms with E-state index in [1.807, 2.05) is 6.07 Å². The number of hydrogen-bond donors (Lipinski definition) is 1. The monoisotopic (exact) mass is 335 g/mol. The summed E-state index contributed by atoms with van der Waals surface area (Å²) in [6.45, 7) is 1.92. The molecule has 16 heavy (non-hydrogen) atoms. The quantitative estimate of drug-likeness (QED) is 0.789. The second-order valence-electron chi connectivity index (χ2n) is 3.39. The first-order valence-corrected chi connectivity index (χ1v) is 7.78. The van der Waals surface area contributed by atoms with Crippen molar-refractivity contribution in [2.75, 3.05) is 6.54 Å². The Morgan fingerprint density at radius 2 is 2.25 bits per heavy atom. The largest absolute Gasteiger partial charge is 0.312 e. The molecule has 0 aliphatic heterocycles. The maximum absolute atomic E-state index is 5.87. The van der Waals surface area contributed by atoms with E-state index in [1.54, 1.807) is 22.7 Å². The first-order valence-electron chi connectivity index (χ1n) is 4.92. The smallest absolute Gasteiger partial charge is 0.0931 e. The van der Waals surface area contributed by atoms with E-state index in [9.17, 15) is 0 Å². The third-order valence-electron chi connectivity index (χ3n) is 2.13. The molecule has 2 aromatic heterocycles. The van der Waals surface area contributed by atoms with E-state index in [0.29, 0.717) is 0 Å². The molecule has 5 heteroatoms. The van der Waals surface area contributed by atoms with Crippen molar-refractivity contribution >= 4 is 50.2 Å². The highest BCUT2D eigenvalue weighted by atomic mass is 79.9. The lowest BCUT2D eigenvalue weighted by Gasteiger charge is -2.01. The maximum atomic E-state index is 5.87. The van der Waals surface area contributed by atoms with E-state index in [2.05, 4.69) is 38.8 Å². The molecular formula is C11H11BrClNS2. The Balaban J connectivity index is 1.69. The van der Waals surface area contributed by atoms with Gasteiger partial charge in [0.05, 0.1) is 8.12 Å². The van der Waals surface area contributed by atoms with Crippen LogP contribution in [-0.2, 0) is 13.0 Å².